The van der Waals surface area contributed by atoms with Crippen molar-refractivity contribution in [2.75, 3.05) is 27.6 Å². The molecule has 0 bridgehead atoms. The molecule has 5 rings (SSSR count). The Balaban J connectivity index is 1.71. The molecule has 6 heteroatoms. The molecule has 0 spiro atoms. The van der Waals surface area contributed by atoms with E-state index in [4.69, 9.17) is 18.9 Å². The van der Waals surface area contributed by atoms with E-state index in [0.717, 1.165) is 51.5 Å². The van der Waals surface area contributed by atoms with E-state index in [0.29, 0.717) is 0 Å². The number of benzene rings is 1. The second kappa shape index (κ2) is 6.16. The Morgan fingerprint density at radius 3 is 2.59 bits per heavy atom. The Kier molecular flexibility index (Phi) is 3.75. The first kappa shape index (κ1) is 16.4. The smallest absolute Gasteiger partial charge is 0.231 e. The number of hydrogen-bond donors (Lipinski definition) is 1. The molecule has 3 atom stereocenters. The molecule has 140 valence electrons. The van der Waals surface area contributed by atoms with Gasteiger partial charge in [-0.05, 0) is 41.7 Å². The first-order valence-corrected chi connectivity index (χ1v) is 9.08. The van der Waals surface area contributed by atoms with E-state index in [9.17, 15) is 5.11 Å². The van der Waals surface area contributed by atoms with Crippen molar-refractivity contribution in [2.45, 2.75) is 18.3 Å². The van der Waals surface area contributed by atoms with Crippen LogP contribution in [0.3, 0.4) is 0 Å². The summed E-state index contributed by atoms with van der Waals surface area (Å²) in [4.78, 5) is 4.68. The second-order valence-electron chi connectivity index (χ2n) is 7.12. The van der Waals surface area contributed by atoms with Crippen LogP contribution in [0.25, 0.3) is 10.9 Å². The first-order chi connectivity index (χ1) is 13.2. The average Bonchev–Trinajstić information content (AvgIpc) is 3.17. The van der Waals surface area contributed by atoms with Gasteiger partial charge in [0.05, 0.1) is 19.7 Å². The lowest BCUT2D eigenvalue weighted by molar-refractivity contribution is 0.174. The highest BCUT2D eigenvalue weighted by molar-refractivity contribution is 5.88. The number of allylic oxidation sites excluding steroid dienone is 2. The van der Waals surface area contributed by atoms with Crippen LogP contribution >= 0.6 is 0 Å². The molecule has 1 aliphatic heterocycles. The summed E-state index contributed by atoms with van der Waals surface area (Å²) in [5.74, 6) is 3.33. The van der Waals surface area contributed by atoms with Crippen molar-refractivity contribution in [2.24, 2.45) is 5.92 Å². The van der Waals surface area contributed by atoms with Crippen molar-refractivity contribution in [1.82, 2.24) is 4.98 Å². The first-order valence-electron chi connectivity index (χ1n) is 9.08. The van der Waals surface area contributed by atoms with Crippen LogP contribution in [0.15, 0.2) is 42.0 Å². The van der Waals surface area contributed by atoms with Crippen LogP contribution < -0.4 is 9.47 Å². The molecule has 0 radical (unpaired) electrons. The lowest BCUT2D eigenvalue weighted by Gasteiger charge is -2.37. The number of nitrogens with zero attached hydrogens (tertiary/aromatic N) is 1. The van der Waals surface area contributed by atoms with Gasteiger partial charge in [-0.25, -0.2) is 0 Å². The van der Waals surface area contributed by atoms with Crippen LogP contribution in [0.2, 0.25) is 0 Å². The fourth-order valence-electron chi connectivity index (χ4n) is 4.57. The molecular formula is C21H21NO5. The van der Waals surface area contributed by atoms with Crippen molar-refractivity contribution in [3.63, 3.8) is 0 Å². The summed E-state index contributed by atoms with van der Waals surface area (Å²) in [7, 11) is 3.30. The molecule has 3 unspecified atom stereocenters. The molecule has 3 aliphatic rings. The van der Waals surface area contributed by atoms with Crippen LogP contribution in [0.1, 0.15) is 29.4 Å². The standard InChI is InChI=1S/C21H21NO5/c1-24-17-4-11-3-12(9-23)21-14-6-19-20(27-10-26-19)7-16(14)22-8-15(21)13(11)5-18(17)25-2/h4-8,11-13,23H,3,9-10H2,1-2H3. The van der Waals surface area contributed by atoms with E-state index < -0.39 is 0 Å². The summed E-state index contributed by atoms with van der Waals surface area (Å²) in [6, 6.07) is 3.91. The number of hydrogen-bond acceptors (Lipinski definition) is 6. The lowest BCUT2D eigenvalue weighted by atomic mass is 9.68. The third kappa shape index (κ3) is 2.40. The lowest BCUT2D eigenvalue weighted by Crippen LogP contribution is -2.27. The zero-order chi connectivity index (χ0) is 18.5. The minimum Gasteiger partial charge on any atom is -0.493 e. The van der Waals surface area contributed by atoms with Gasteiger partial charge in [-0.3, -0.25) is 4.98 Å². The second-order valence-corrected chi connectivity index (χ2v) is 7.12. The fraction of sp³-hybridized carbons (Fsp3) is 0.381. The van der Waals surface area contributed by atoms with E-state index >= 15 is 0 Å². The maximum Gasteiger partial charge on any atom is 0.231 e. The predicted octanol–water partition coefficient (Wildman–Crippen LogP) is 3.22. The van der Waals surface area contributed by atoms with E-state index in [1.54, 1.807) is 14.2 Å². The Hall–Kier alpha value is -2.73. The normalized spacial score (nSPS) is 25.4. The summed E-state index contributed by atoms with van der Waals surface area (Å²) in [6.45, 7) is 0.313. The Labute approximate surface area is 157 Å². The summed E-state index contributed by atoms with van der Waals surface area (Å²) >= 11 is 0. The number of ether oxygens (including phenoxy) is 4. The largest absolute Gasteiger partial charge is 0.493 e. The molecule has 1 aromatic heterocycles. The summed E-state index contributed by atoms with van der Waals surface area (Å²) in [5, 5.41) is 11.2. The maximum atomic E-state index is 10.1. The summed E-state index contributed by atoms with van der Waals surface area (Å²) in [5.41, 5.74) is 3.12. The van der Waals surface area contributed by atoms with Crippen molar-refractivity contribution < 1.29 is 24.1 Å². The number of rotatable bonds is 3. The van der Waals surface area contributed by atoms with Gasteiger partial charge in [0, 0.05) is 36.1 Å². The summed E-state index contributed by atoms with van der Waals surface area (Å²) < 4.78 is 22.1. The zero-order valence-electron chi connectivity index (χ0n) is 15.3. The monoisotopic (exact) mass is 367 g/mol. The van der Waals surface area contributed by atoms with Crippen molar-refractivity contribution in [3.8, 4) is 11.5 Å². The van der Waals surface area contributed by atoms with Crippen molar-refractivity contribution in [3.05, 3.63) is 53.1 Å². The van der Waals surface area contributed by atoms with Crippen LogP contribution in [0.4, 0.5) is 0 Å². The minimum atomic E-state index is 0.0268. The molecule has 2 aromatic rings. The summed E-state index contributed by atoms with van der Waals surface area (Å²) in [6.07, 6.45) is 6.98. The third-order valence-electron chi connectivity index (χ3n) is 5.82. The van der Waals surface area contributed by atoms with Crippen LogP contribution in [-0.2, 0) is 9.47 Å². The molecule has 0 saturated carbocycles. The van der Waals surface area contributed by atoms with Gasteiger partial charge in [-0.15, -0.1) is 0 Å². The Morgan fingerprint density at radius 2 is 1.85 bits per heavy atom. The molecular weight excluding hydrogens is 346 g/mol. The number of pyridine rings is 1. The van der Waals surface area contributed by atoms with E-state index in [2.05, 4.69) is 17.1 Å². The SMILES string of the molecule is COC1=CC2CC(CO)c3c(cnc4cc5c(cc34)OCO5)C2C=C1OC. The van der Waals surface area contributed by atoms with E-state index in [1.165, 1.54) is 0 Å². The van der Waals surface area contributed by atoms with Crippen LogP contribution in [-0.4, -0.2) is 37.7 Å². The quantitative estimate of drug-likeness (QED) is 0.898. The number of fused-ring (bicyclic) bond motifs is 6. The van der Waals surface area contributed by atoms with Gasteiger partial charge in [0.15, 0.2) is 23.0 Å². The highest BCUT2D eigenvalue weighted by Crippen LogP contribution is 2.50. The molecule has 27 heavy (non-hydrogen) atoms. The molecule has 1 aromatic carbocycles. The molecule has 2 heterocycles. The van der Waals surface area contributed by atoms with Crippen LogP contribution in [0, 0.1) is 5.92 Å². The Bertz CT molecular complexity index is 980. The maximum absolute atomic E-state index is 10.1. The highest BCUT2D eigenvalue weighted by atomic mass is 16.7. The third-order valence-corrected chi connectivity index (χ3v) is 5.82. The van der Waals surface area contributed by atoms with Gasteiger partial charge < -0.3 is 24.1 Å². The molecule has 0 saturated heterocycles. The Morgan fingerprint density at radius 1 is 1.11 bits per heavy atom. The molecule has 1 N–H and O–H groups in total. The number of aliphatic hydroxyl groups is 1. The topological polar surface area (TPSA) is 70.0 Å². The van der Waals surface area contributed by atoms with Gasteiger partial charge in [0.1, 0.15) is 0 Å². The highest BCUT2D eigenvalue weighted by Gasteiger charge is 2.38. The van der Waals surface area contributed by atoms with Gasteiger partial charge in [-0.1, -0.05) is 0 Å². The number of aromatic nitrogens is 1. The van der Waals surface area contributed by atoms with Gasteiger partial charge in [-0.2, -0.15) is 0 Å². The molecule has 0 fully saturated rings. The van der Waals surface area contributed by atoms with Crippen molar-refractivity contribution >= 4 is 10.9 Å². The van der Waals surface area contributed by atoms with E-state index in [-0.39, 0.29) is 31.2 Å². The van der Waals surface area contributed by atoms with Gasteiger partial charge in [0.25, 0.3) is 0 Å². The molecule has 0 amide bonds. The average molecular weight is 367 g/mol. The molecule has 6 nitrogen and oxygen atoms in total. The van der Waals surface area contributed by atoms with Gasteiger partial charge in [0.2, 0.25) is 6.79 Å². The van der Waals surface area contributed by atoms with Crippen LogP contribution in [0.5, 0.6) is 11.5 Å². The zero-order valence-corrected chi connectivity index (χ0v) is 15.3. The molecule has 2 aliphatic carbocycles. The number of aliphatic hydroxyl groups excluding tert-OH is 1. The predicted molar refractivity (Wildman–Crippen MR) is 98.7 cm³/mol. The van der Waals surface area contributed by atoms with E-state index in [1.807, 2.05) is 18.3 Å². The van der Waals surface area contributed by atoms with Gasteiger partial charge >= 0.3 is 0 Å². The number of methoxy groups -OCH3 is 2. The fourth-order valence-corrected chi connectivity index (χ4v) is 4.57. The van der Waals surface area contributed by atoms with Crippen molar-refractivity contribution in [1.29, 1.82) is 0 Å². The minimum absolute atomic E-state index is 0.0268.